The number of hydrogen-bond acceptors (Lipinski definition) is 4. The van der Waals surface area contributed by atoms with Gasteiger partial charge in [-0.1, -0.05) is 65.9 Å². The third-order valence-corrected chi connectivity index (χ3v) is 4.95. The van der Waals surface area contributed by atoms with Crippen molar-refractivity contribution >= 4 is 17.2 Å². The summed E-state index contributed by atoms with van der Waals surface area (Å²) in [4.78, 5) is 13.0. The third-order valence-electron chi connectivity index (χ3n) is 4.28. The number of hydrogen-bond donors (Lipinski definition) is 1. The molecule has 4 aromatic rings. The normalized spacial score (nSPS) is 10.9. The number of aromatic nitrogens is 3. The first-order valence-corrected chi connectivity index (χ1v) is 9.57. The highest BCUT2D eigenvalue weighted by Gasteiger charge is 2.22. The molecule has 4 rings (SSSR count). The minimum Gasteiger partial charge on any atom is -0.349 e. The van der Waals surface area contributed by atoms with Crippen LogP contribution in [-0.4, -0.2) is 20.9 Å². The lowest BCUT2D eigenvalue weighted by Crippen LogP contribution is -2.29. The summed E-state index contributed by atoms with van der Waals surface area (Å²) in [5.41, 5.74) is 3.61. The molecule has 0 radical (unpaired) electrons. The van der Waals surface area contributed by atoms with E-state index < -0.39 is 0 Å². The molecule has 0 saturated carbocycles. The Morgan fingerprint density at radius 3 is 2.26 bits per heavy atom. The first-order chi connectivity index (χ1) is 13.3. The minimum absolute atomic E-state index is 0.0579. The SMILES string of the molecule is O=C(NCc1cn(-c2ccsc2)nn1)C(c1ccccc1)c1ccccc1. The molecule has 2 aromatic heterocycles. The molecule has 2 aromatic carbocycles. The van der Waals surface area contributed by atoms with E-state index in [-0.39, 0.29) is 11.8 Å². The zero-order valence-corrected chi connectivity index (χ0v) is 15.3. The molecule has 0 aliphatic heterocycles. The predicted molar refractivity (Wildman–Crippen MR) is 106 cm³/mol. The van der Waals surface area contributed by atoms with Crippen molar-refractivity contribution in [3.8, 4) is 5.69 Å². The molecular formula is C21H18N4OS. The van der Waals surface area contributed by atoms with Gasteiger partial charge in [-0.3, -0.25) is 4.79 Å². The molecule has 27 heavy (non-hydrogen) atoms. The van der Waals surface area contributed by atoms with Crippen LogP contribution in [0.1, 0.15) is 22.7 Å². The van der Waals surface area contributed by atoms with Gasteiger partial charge in [0.15, 0.2) is 0 Å². The van der Waals surface area contributed by atoms with Crippen LogP contribution >= 0.6 is 11.3 Å². The fourth-order valence-electron chi connectivity index (χ4n) is 2.96. The summed E-state index contributed by atoms with van der Waals surface area (Å²) in [5.74, 6) is -0.420. The van der Waals surface area contributed by atoms with E-state index in [1.54, 1.807) is 16.0 Å². The lowest BCUT2D eigenvalue weighted by molar-refractivity contribution is -0.121. The van der Waals surface area contributed by atoms with Crippen LogP contribution in [0.15, 0.2) is 83.7 Å². The zero-order valence-electron chi connectivity index (χ0n) is 14.5. The van der Waals surface area contributed by atoms with Gasteiger partial charge in [0.1, 0.15) is 5.69 Å². The molecule has 1 amide bonds. The van der Waals surface area contributed by atoms with Crippen molar-refractivity contribution in [2.75, 3.05) is 0 Å². The molecule has 0 saturated heterocycles. The fraction of sp³-hybridized carbons (Fsp3) is 0.0952. The molecule has 0 spiro atoms. The Kier molecular flexibility index (Phi) is 5.07. The Morgan fingerprint density at radius 1 is 1.00 bits per heavy atom. The highest BCUT2D eigenvalue weighted by molar-refractivity contribution is 7.08. The lowest BCUT2D eigenvalue weighted by Gasteiger charge is -2.17. The van der Waals surface area contributed by atoms with Crippen molar-refractivity contribution < 1.29 is 4.79 Å². The molecule has 5 nitrogen and oxygen atoms in total. The second kappa shape index (κ2) is 7.97. The van der Waals surface area contributed by atoms with Crippen molar-refractivity contribution in [1.82, 2.24) is 20.3 Å². The molecule has 0 atom stereocenters. The van der Waals surface area contributed by atoms with Crippen molar-refractivity contribution in [1.29, 1.82) is 0 Å². The molecule has 0 fully saturated rings. The Hall–Kier alpha value is -3.25. The standard InChI is InChI=1S/C21H18N4OS/c26-21(22-13-18-14-25(24-23-18)19-11-12-27-15-19)20(16-7-3-1-4-8-16)17-9-5-2-6-10-17/h1-12,14-15,20H,13H2,(H,22,26). The monoisotopic (exact) mass is 374 g/mol. The maximum Gasteiger partial charge on any atom is 0.232 e. The van der Waals surface area contributed by atoms with E-state index in [9.17, 15) is 4.79 Å². The Balaban J connectivity index is 1.51. The molecule has 2 heterocycles. The zero-order chi connectivity index (χ0) is 18.5. The van der Waals surface area contributed by atoms with Crippen LogP contribution in [0.4, 0.5) is 0 Å². The van der Waals surface area contributed by atoms with Crippen LogP contribution in [0.2, 0.25) is 0 Å². The largest absolute Gasteiger partial charge is 0.349 e. The number of benzene rings is 2. The van der Waals surface area contributed by atoms with Gasteiger partial charge >= 0.3 is 0 Å². The van der Waals surface area contributed by atoms with Gasteiger partial charge in [-0.2, -0.15) is 11.3 Å². The van der Waals surface area contributed by atoms with Crippen LogP contribution < -0.4 is 5.32 Å². The second-order valence-electron chi connectivity index (χ2n) is 6.11. The number of nitrogens with zero attached hydrogens (tertiary/aromatic N) is 3. The summed E-state index contributed by atoms with van der Waals surface area (Å²) in [5, 5.41) is 15.3. The van der Waals surface area contributed by atoms with Crippen LogP contribution in [0, 0.1) is 0 Å². The van der Waals surface area contributed by atoms with Gasteiger partial charge in [-0.15, -0.1) is 5.10 Å². The van der Waals surface area contributed by atoms with E-state index in [0.717, 1.165) is 22.5 Å². The van der Waals surface area contributed by atoms with E-state index in [1.807, 2.05) is 83.7 Å². The molecular weight excluding hydrogens is 356 g/mol. The quantitative estimate of drug-likeness (QED) is 0.559. The lowest BCUT2D eigenvalue weighted by atomic mass is 9.90. The molecule has 6 heteroatoms. The summed E-state index contributed by atoms with van der Waals surface area (Å²) in [6.45, 7) is 0.332. The first-order valence-electron chi connectivity index (χ1n) is 8.62. The average molecular weight is 374 g/mol. The van der Waals surface area contributed by atoms with E-state index in [4.69, 9.17) is 0 Å². The first kappa shape index (κ1) is 17.2. The van der Waals surface area contributed by atoms with Crippen LogP contribution in [0.3, 0.4) is 0 Å². The molecule has 0 aliphatic rings. The number of rotatable bonds is 6. The van der Waals surface area contributed by atoms with E-state index in [2.05, 4.69) is 15.6 Å². The highest BCUT2D eigenvalue weighted by Crippen LogP contribution is 2.24. The fourth-order valence-corrected chi connectivity index (χ4v) is 3.58. The van der Waals surface area contributed by atoms with Gasteiger partial charge in [0.2, 0.25) is 5.91 Å². The summed E-state index contributed by atoms with van der Waals surface area (Å²) in [6, 6.07) is 21.6. The summed E-state index contributed by atoms with van der Waals surface area (Å²) in [6.07, 6.45) is 1.84. The molecule has 1 N–H and O–H groups in total. The number of amides is 1. The predicted octanol–water partition coefficient (Wildman–Crippen LogP) is 3.78. The maximum absolute atomic E-state index is 13.0. The van der Waals surface area contributed by atoms with E-state index in [1.165, 1.54) is 0 Å². The van der Waals surface area contributed by atoms with Crippen molar-refractivity contribution in [3.05, 3.63) is 101 Å². The molecule has 0 aliphatic carbocycles. The summed E-state index contributed by atoms with van der Waals surface area (Å²) in [7, 11) is 0. The van der Waals surface area contributed by atoms with Gasteiger partial charge < -0.3 is 5.32 Å². The maximum atomic E-state index is 13.0. The smallest absolute Gasteiger partial charge is 0.232 e. The van der Waals surface area contributed by atoms with Gasteiger partial charge in [0, 0.05) is 5.38 Å². The van der Waals surface area contributed by atoms with E-state index in [0.29, 0.717) is 6.54 Å². The number of carbonyl (C=O) groups excluding carboxylic acids is 1. The van der Waals surface area contributed by atoms with Crippen molar-refractivity contribution in [2.24, 2.45) is 0 Å². The molecule has 0 bridgehead atoms. The van der Waals surface area contributed by atoms with E-state index >= 15 is 0 Å². The molecule has 134 valence electrons. The summed E-state index contributed by atoms with van der Waals surface area (Å²) < 4.78 is 1.71. The van der Waals surface area contributed by atoms with Gasteiger partial charge in [-0.05, 0) is 22.6 Å². The van der Waals surface area contributed by atoms with Gasteiger partial charge in [0.05, 0.1) is 24.3 Å². The highest BCUT2D eigenvalue weighted by atomic mass is 32.1. The summed E-state index contributed by atoms with van der Waals surface area (Å²) >= 11 is 1.60. The minimum atomic E-state index is -0.362. The van der Waals surface area contributed by atoms with Crippen molar-refractivity contribution in [2.45, 2.75) is 12.5 Å². The number of carbonyl (C=O) groups is 1. The van der Waals surface area contributed by atoms with Crippen LogP contribution in [-0.2, 0) is 11.3 Å². The Bertz CT molecular complexity index is 958. The van der Waals surface area contributed by atoms with Gasteiger partial charge in [0.25, 0.3) is 0 Å². The number of nitrogens with one attached hydrogen (secondary N) is 1. The average Bonchev–Trinajstić information content (AvgIpc) is 3.40. The Morgan fingerprint density at radius 2 is 1.67 bits per heavy atom. The Labute approximate surface area is 161 Å². The number of thiophene rings is 1. The van der Waals surface area contributed by atoms with Crippen molar-refractivity contribution in [3.63, 3.8) is 0 Å². The molecule has 0 unspecified atom stereocenters. The third kappa shape index (κ3) is 3.96. The van der Waals surface area contributed by atoms with Crippen LogP contribution in [0.5, 0.6) is 0 Å². The second-order valence-corrected chi connectivity index (χ2v) is 6.89. The van der Waals surface area contributed by atoms with Crippen LogP contribution in [0.25, 0.3) is 5.69 Å². The van der Waals surface area contributed by atoms with Gasteiger partial charge in [-0.25, -0.2) is 4.68 Å². The topological polar surface area (TPSA) is 59.8 Å².